The van der Waals surface area contributed by atoms with Crippen molar-refractivity contribution in [2.75, 3.05) is 0 Å². The fraction of sp³-hybridized carbons (Fsp3) is 0.0833. The van der Waals surface area contributed by atoms with Crippen molar-refractivity contribution in [1.82, 2.24) is 4.98 Å². The van der Waals surface area contributed by atoms with Gasteiger partial charge in [0.2, 0.25) is 10.0 Å². The van der Waals surface area contributed by atoms with Gasteiger partial charge in [-0.25, -0.2) is 18.5 Å². The molecule has 0 aliphatic rings. The zero-order chi connectivity index (χ0) is 14.9. The second kappa shape index (κ2) is 4.99. The SMILES string of the molecule is Cc1cnc(-c2ccccc2S(N)(=O)=O)c([N+](=O)[O-])c1. The molecule has 0 radical (unpaired) electrons. The molecule has 20 heavy (non-hydrogen) atoms. The van der Waals surface area contributed by atoms with Crippen LogP contribution in [0.2, 0.25) is 0 Å². The molecule has 0 saturated heterocycles. The maximum Gasteiger partial charge on any atom is 0.295 e. The highest BCUT2D eigenvalue weighted by atomic mass is 32.2. The quantitative estimate of drug-likeness (QED) is 0.681. The van der Waals surface area contributed by atoms with E-state index in [-0.39, 0.29) is 21.8 Å². The van der Waals surface area contributed by atoms with Crippen molar-refractivity contribution in [3.63, 3.8) is 0 Å². The molecule has 0 spiro atoms. The summed E-state index contributed by atoms with van der Waals surface area (Å²) in [6.45, 7) is 1.66. The van der Waals surface area contributed by atoms with Gasteiger partial charge in [0.05, 0.1) is 9.82 Å². The van der Waals surface area contributed by atoms with E-state index < -0.39 is 14.9 Å². The van der Waals surface area contributed by atoms with Gasteiger partial charge < -0.3 is 0 Å². The molecule has 0 unspecified atom stereocenters. The van der Waals surface area contributed by atoms with E-state index in [0.29, 0.717) is 5.56 Å². The number of benzene rings is 1. The van der Waals surface area contributed by atoms with Crippen LogP contribution in [0.4, 0.5) is 5.69 Å². The van der Waals surface area contributed by atoms with Crippen LogP contribution in [0.5, 0.6) is 0 Å². The number of nitrogens with two attached hydrogens (primary N) is 1. The molecule has 104 valence electrons. The summed E-state index contributed by atoms with van der Waals surface area (Å²) < 4.78 is 23.1. The molecule has 1 aromatic carbocycles. The predicted octanol–water partition coefficient (Wildman–Crippen LogP) is 1.61. The molecule has 0 fully saturated rings. The van der Waals surface area contributed by atoms with E-state index in [4.69, 9.17) is 5.14 Å². The topological polar surface area (TPSA) is 116 Å². The molecule has 2 rings (SSSR count). The molecule has 0 aliphatic heterocycles. The summed E-state index contributed by atoms with van der Waals surface area (Å²) in [6.07, 6.45) is 1.43. The molecule has 7 nitrogen and oxygen atoms in total. The summed E-state index contributed by atoms with van der Waals surface area (Å²) in [5, 5.41) is 16.2. The first kappa shape index (κ1) is 14.1. The van der Waals surface area contributed by atoms with Gasteiger partial charge in [-0.2, -0.15) is 0 Å². The third kappa shape index (κ3) is 2.65. The zero-order valence-corrected chi connectivity index (χ0v) is 11.3. The summed E-state index contributed by atoms with van der Waals surface area (Å²) in [7, 11) is -4.00. The Morgan fingerprint density at radius 1 is 1.30 bits per heavy atom. The zero-order valence-electron chi connectivity index (χ0n) is 10.5. The van der Waals surface area contributed by atoms with Crippen LogP contribution in [0.15, 0.2) is 41.4 Å². The Labute approximate surface area is 115 Å². The average molecular weight is 293 g/mol. The lowest BCUT2D eigenvalue weighted by atomic mass is 10.1. The van der Waals surface area contributed by atoms with Crippen molar-refractivity contribution < 1.29 is 13.3 Å². The Morgan fingerprint density at radius 2 is 1.95 bits per heavy atom. The molecule has 0 aliphatic carbocycles. The standard InChI is InChI=1S/C12H11N3O4S/c1-8-6-10(15(16)17)12(14-7-8)9-4-2-3-5-11(9)20(13,18)19/h2-7H,1H3,(H2,13,18,19). The molecular weight excluding hydrogens is 282 g/mol. The maximum absolute atomic E-state index is 11.6. The Kier molecular flexibility index (Phi) is 3.51. The number of primary sulfonamides is 1. The summed E-state index contributed by atoms with van der Waals surface area (Å²) in [4.78, 5) is 14.3. The van der Waals surface area contributed by atoms with Crippen LogP contribution >= 0.6 is 0 Å². The van der Waals surface area contributed by atoms with Gasteiger partial charge in [0.1, 0.15) is 5.69 Å². The largest absolute Gasteiger partial charge is 0.295 e. The van der Waals surface area contributed by atoms with E-state index in [9.17, 15) is 18.5 Å². The Morgan fingerprint density at radius 3 is 2.55 bits per heavy atom. The van der Waals surface area contributed by atoms with Gasteiger partial charge in [0, 0.05) is 17.8 Å². The molecule has 1 heterocycles. The Bertz CT molecular complexity index is 787. The molecule has 0 amide bonds. The van der Waals surface area contributed by atoms with Crippen molar-refractivity contribution in [3.8, 4) is 11.3 Å². The van der Waals surface area contributed by atoms with E-state index in [1.165, 1.54) is 30.5 Å². The van der Waals surface area contributed by atoms with E-state index in [0.717, 1.165) is 0 Å². The second-order valence-corrected chi connectivity index (χ2v) is 5.71. The van der Waals surface area contributed by atoms with E-state index in [1.807, 2.05) is 0 Å². The fourth-order valence-electron chi connectivity index (χ4n) is 1.81. The van der Waals surface area contributed by atoms with Gasteiger partial charge in [-0.3, -0.25) is 10.1 Å². The summed E-state index contributed by atoms with van der Waals surface area (Å²) in [5.41, 5.74) is 0.432. The predicted molar refractivity (Wildman–Crippen MR) is 72.4 cm³/mol. The Balaban J connectivity index is 2.80. The van der Waals surface area contributed by atoms with Crippen molar-refractivity contribution >= 4 is 15.7 Å². The van der Waals surface area contributed by atoms with Crippen LogP contribution < -0.4 is 5.14 Å². The highest BCUT2D eigenvalue weighted by Crippen LogP contribution is 2.32. The third-order valence-electron chi connectivity index (χ3n) is 2.65. The van der Waals surface area contributed by atoms with E-state index in [1.54, 1.807) is 13.0 Å². The molecule has 0 bridgehead atoms. The number of aryl methyl sites for hydroxylation is 1. The molecule has 2 aromatic rings. The van der Waals surface area contributed by atoms with Crippen LogP contribution in [-0.2, 0) is 10.0 Å². The summed E-state index contributed by atoms with van der Waals surface area (Å²) in [6, 6.07) is 7.11. The highest BCUT2D eigenvalue weighted by molar-refractivity contribution is 7.89. The van der Waals surface area contributed by atoms with Gasteiger partial charge >= 0.3 is 0 Å². The van der Waals surface area contributed by atoms with Gasteiger partial charge in [0.25, 0.3) is 5.69 Å². The van der Waals surface area contributed by atoms with Crippen LogP contribution in [0.25, 0.3) is 11.3 Å². The first-order valence-electron chi connectivity index (χ1n) is 5.54. The minimum atomic E-state index is -4.00. The maximum atomic E-state index is 11.6. The number of hydrogen-bond acceptors (Lipinski definition) is 5. The Hall–Kier alpha value is -2.32. The number of pyridine rings is 1. The summed E-state index contributed by atoms with van der Waals surface area (Å²) in [5.74, 6) is 0. The second-order valence-electron chi connectivity index (χ2n) is 4.18. The highest BCUT2D eigenvalue weighted by Gasteiger charge is 2.23. The van der Waals surface area contributed by atoms with Crippen molar-refractivity contribution in [3.05, 3.63) is 52.2 Å². The minimum Gasteiger partial charge on any atom is -0.258 e. The molecule has 8 heteroatoms. The number of hydrogen-bond donors (Lipinski definition) is 1. The van der Waals surface area contributed by atoms with E-state index >= 15 is 0 Å². The number of sulfonamides is 1. The van der Waals surface area contributed by atoms with Crippen LogP contribution in [-0.4, -0.2) is 18.3 Å². The number of rotatable bonds is 3. The lowest BCUT2D eigenvalue weighted by Crippen LogP contribution is -2.13. The molecule has 1 aromatic heterocycles. The lowest BCUT2D eigenvalue weighted by molar-refractivity contribution is -0.384. The van der Waals surface area contributed by atoms with Gasteiger partial charge in [-0.15, -0.1) is 0 Å². The van der Waals surface area contributed by atoms with Crippen molar-refractivity contribution in [2.45, 2.75) is 11.8 Å². The monoisotopic (exact) mass is 293 g/mol. The normalized spacial score (nSPS) is 11.3. The molecule has 0 saturated carbocycles. The first-order valence-corrected chi connectivity index (χ1v) is 7.08. The average Bonchev–Trinajstić information content (AvgIpc) is 2.37. The number of nitro groups is 1. The summed E-state index contributed by atoms with van der Waals surface area (Å²) >= 11 is 0. The molecular formula is C12H11N3O4S. The lowest BCUT2D eigenvalue weighted by Gasteiger charge is -2.07. The molecule has 2 N–H and O–H groups in total. The third-order valence-corrected chi connectivity index (χ3v) is 3.62. The van der Waals surface area contributed by atoms with Crippen molar-refractivity contribution in [2.24, 2.45) is 5.14 Å². The fourth-order valence-corrected chi connectivity index (χ4v) is 2.55. The number of aromatic nitrogens is 1. The van der Waals surface area contributed by atoms with Gasteiger partial charge in [-0.05, 0) is 18.6 Å². The van der Waals surface area contributed by atoms with Crippen molar-refractivity contribution in [1.29, 1.82) is 0 Å². The number of nitrogens with zero attached hydrogens (tertiary/aromatic N) is 2. The molecule has 0 atom stereocenters. The van der Waals surface area contributed by atoms with Crippen LogP contribution in [0.1, 0.15) is 5.56 Å². The smallest absolute Gasteiger partial charge is 0.258 e. The van der Waals surface area contributed by atoms with E-state index in [2.05, 4.69) is 4.98 Å². The van der Waals surface area contributed by atoms with Gasteiger partial charge in [0.15, 0.2) is 0 Å². The van der Waals surface area contributed by atoms with Crippen LogP contribution in [0.3, 0.4) is 0 Å². The first-order chi connectivity index (χ1) is 9.30. The minimum absolute atomic E-state index is 0.0229. The van der Waals surface area contributed by atoms with Gasteiger partial charge in [-0.1, -0.05) is 18.2 Å². The van der Waals surface area contributed by atoms with Crippen LogP contribution in [0, 0.1) is 17.0 Å².